The first kappa shape index (κ1) is 14.1. The number of hydrogen-bond donors (Lipinski definition) is 0. The molecule has 0 aromatic heterocycles. The molecule has 0 spiro atoms. The molecule has 104 valence electrons. The number of carbonyl (C=O) groups excluding carboxylic acids is 1. The normalized spacial score (nSPS) is 15.7. The minimum atomic E-state index is 0.229. The smallest absolute Gasteiger partial charge is 0.166 e. The lowest BCUT2D eigenvalue weighted by atomic mass is 9.95. The van der Waals surface area contributed by atoms with Crippen LogP contribution in [0.3, 0.4) is 0 Å². The Morgan fingerprint density at radius 1 is 1.26 bits per heavy atom. The van der Waals surface area contributed by atoms with Gasteiger partial charge in [-0.15, -0.1) is 0 Å². The minimum absolute atomic E-state index is 0.229. The molecule has 0 atom stereocenters. The molecule has 0 bridgehead atoms. The Morgan fingerprint density at radius 2 is 1.95 bits per heavy atom. The summed E-state index contributed by atoms with van der Waals surface area (Å²) >= 11 is 0. The first-order chi connectivity index (χ1) is 9.13. The zero-order valence-corrected chi connectivity index (χ0v) is 12.3. The van der Waals surface area contributed by atoms with Crippen molar-refractivity contribution in [2.24, 2.45) is 5.92 Å². The van der Waals surface area contributed by atoms with Crippen LogP contribution in [-0.4, -0.2) is 12.9 Å². The van der Waals surface area contributed by atoms with E-state index in [1.807, 2.05) is 26.0 Å². The van der Waals surface area contributed by atoms with Crippen molar-refractivity contribution in [1.29, 1.82) is 0 Å². The van der Waals surface area contributed by atoms with Gasteiger partial charge in [-0.1, -0.05) is 31.7 Å². The predicted molar refractivity (Wildman–Crippen MR) is 78.0 cm³/mol. The number of ketones is 1. The molecule has 1 aromatic carbocycles. The summed E-state index contributed by atoms with van der Waals surface area (Å²) < 4.78 is 5.43. The largest absolute Gasteiger partial charge is 0.496 e. The standard InChI is InChI=1S/C17H24O2/c1-12-8-10-15(17(19-3)13(12)2)16(18)11-9-14-6-4-5-7-14/h8,10,14H,4-7,9,11H2,1-3H3. The lowest BCUT2D eigenvalue weighted by molar-refractivity contribution is 0.0971. The summed E-state index contributed by atoms with van der Waals surface area (Å²) in [5.41, 5.74) is 3.00. The Kier molecular flexibility index (Phi) is 4.62. The average Bonchev–Trinajstić information content (AvgIpc) is 2.92. The second kappa shape index (κ2) is 6.23. The van der Waals surface area contributed by atoms with Crippen molar-refractivity contribution >= 4 is 5.78 Å². The molecule has 0 saturated heterocycles. The monoisotopic (exact) mass is 260 g/mol. The highest BCUT2D eigenvalue weighted by Gasteiger charge is 2.19. The molecule has 0 heterocycles. The molecule has 0 aliphatic heterocycles. The van der Waals surface area contributed by atoms with E-state index in [1.165, 1.54) is 31.2 Å². The third-order valence-electron chi connectivity index (χ3n) is 4.44. The second-order valence-corrected chi connectivity index (χ2v) is 5.70. The third-order valence-corrected chi connectivity index (χ3v) is 4.44. The van der Waals surface area contributed by atoms with Crippen LogP contribution in [0.1, 0.15) is 60.0 Å². The topological polar surface area (TPSA) is 26.3 Å². The summed E-state index contributed by atoms with van der Waals surface area (Å²) in [7, 11) is 1.65. The number of carbonyl (C=O) groups is 1. The minimum Gasteiger partial charge on any atom is -0.496 e. The van der Waals surface area contributed by atoms with Gasteiger partial charge >= 0.3 is 0 Å². The molecule has 1 aliphatic rings. The van der Waals surface area contributed by atoms with Gasteiger partial charge in [0.25, 0.3) is 0 Å². The highest BCUT2D eigenvalue weighted by Crippen LogP contribution is 2.31. The molecule has 2 rings (SSSR count). The first-order valence-corrected chi connectivity index (χ1v) is 7.31. The Morgan fingerprint density at radius 3 is 2.58 bits per heavy atom. The SMILES string of the molecule is COc1c(C(=O)CCC2CCCC2)ccc(C)c1C. The van der Waals surface area contributed by atoms with Crippen molar-refractivity contribution in [1.82, 2.24) is 0 Å². The van der Waals surface area contributed by atoms with Gasteiger partial charge in [-0.3, -0.25) is 4.79 Å². The molecular formula is C17H24O2. The highest BCUT2D eigenvalue weighted by atomic mass is 16.5. The molecule has 1 saturated carbocycles. The fourth-order valence-corrected chi connectivity index (χ4v) is 3.04. The van der Waals surface area contributed by atoms with Crippen molar-refractivity contribution < 1.29 is 9.53 Å². The van der Waals surface area contributed by atoms with Crippen LogP contribution >= 0.6 is 0 Å². The lowest BCUT2D eigenvalue weighted by Crippen LogP contribution is -2.06. The van der Waals surface area contributed by atoms with E-state index in [0.29, 0.717) is 6.42 Å². The molecule has 0 unspecified atom stereocenters. The summed E-state index contributed by atoms with van der Waals surface area (Å²) in [6, 6.07) is 3.93. The molecule has 1 aliphatic carbocycles. The van der Waals surface area contributed by atoms with Gasteiger partial charge in [0.05, 0.1) is 12.7 Å². The van der Waals surface area contributed by atoms with Crippen LogP contribution in [0.25, 0.3) is 0 Å². The van der Waals surface area contributed by atoms with Crippen molar-refractivity contribution in [3.63, 3.8) is 0 Å². The number of methoxy groups -OCH3 is 1. The van der Waals surface area contributed by atoms with E-state index in [-0.39, 0.29) is 5.78 Å². The van der Waals surface area contributed by atoms with E-state index < -0.39 is 0 Å². The Labute approximate surface area is 116 Å². The molecular weight excluding hydrogens is 236 g/mol. The Hall–Kier alpha value is -1.31. The van der Waals surface area contributed by atoms with Gasteiger partial charge in [0, 0.05) is 6.42 Å². The van der Waals surface area contributed by atoms with Gasteiger partial charge in [0.15, 0.2) is 5.78 Å². The Balaban J connectivity index is 2.07. The van der Waals surface area contributed by atoms with E-state index in [1.54, 1.807) is 7.11 Å². The molecule has 1 fully saturated rings. The van der Waals surface area contributed by atoms with Gasteiger partial charge in [-0.25, -0.2) is 0 Å². The van der Waals surface area contributed by atoms with Crippen molar-refractivity contribution in [2.75, 3.05) is 7.11 Å². The molecule has 19 heavy (non-hydrogen) atoms. The van der Waals surface area contributed by atoms with Crippen molar-refractivity contribution in [2.45, 2.75) is 52.4 Å². The summed E-state index contributed by atoms with van der Waals surface area (Å²) in [6.45, 7) is 4.06. The first-order valence-electron chi connectivity index (χ1n) is 7.31. The van der Waals surface area contributed by atoms with Crippen molar-refractivity contribution in [3.8, 4) is 5.75 Å². The molecule has 1 aromatic rings. The van der Waals surface area contributed by atoms with Crippen LogP contribution < -0.4 is 4.74 Å². The van der Waals surface area contributed by atoms with Crippen LogP contribution in [-0.2, 0) is 0 Å². The van der Waals surface area contributed by atoms with Crippen LogP contribution in [0.5, 0.6) is 5.75 Å². The second-order valence-electron chi connectivity index (χ2n) is 5.70. The maximum absolute atomic E-state index is 12.4. The quantitative estimate of drug-likeness (QED) is 0.730. The van der Waals surface area contributed by atoms with E-state index in [9.17, 15) is 4.79 Å². The van der Waals surface area contributed by atoms with Gasteiger partial charge in [0.1, 0.15) is 5.75 Å². The highest BCUT2D eigenvalue weighted by molar-refractivity contribution is 5.99. The van der Waals surface area contributed by atoms with E-state index >= 15 is 0 Å². The lowest BCUT2D eigenvalue weighted by Gasteiger charge is -2.13. The Bertz CT molecular complexity index is 457. The van der Waals surface area contributed by atoms with Crippen LogP contribution in [0.4, 0.5) is 0 Å². The van der Waals surface area contributed by atoms with Gasteiger partial charge in [0.2, 0.25) is 0 Å². The van der Waals surface area contributed by atoms with E-state index in [4.69, 9.17) is 4.74 Å². The molecule has 0 radical (unpaired) electrons. The number of benzene rings is 1. The number of aryl methyl sites for hydroxylation is 1. The number of ether oxygens (including phenoxy) is 1. The maximum atomic E-state index is 12.4. The maximum Gasteiger partial charge on any atom is 0.166 e. The van der Waals surface area contributed by atoms with E-state index in [2.05, 4.69) is 0 Å². The van der Waals surface area contributed by atoms with Crippen LogP contribution in [0.15, 0.2) is 12.1 Å². The van der Waals surface area contributed by atoms with E-state index in [0.717, 1.165) is 29.2 Å². The molecule has 2 nitrogen and oxygen atoms in total. The third kappa shape index (κ3) is 3.17. The summed E-state index contributed by atoms with van der Waals surface area (Å²) in [5, 5.41) is 0. The van der Waals surface area contributed by atoms with Gasteiger partial charge < -0.3 is 4.74 Å². The fraction of sp³-hybridized carbons (Fsp3) is 0.588. The average molecular weight is 260 g/mol. The molecule has 2 heteroatoms. The van der Waals surface area contributed by atoms with Gasteiger partial charge in [-0.2, -0.15) is 0 Å². The summed E-state index contributed by atoms with van der Waals surface area (Å²) in [4.78, 5) is 12.4. The summed E-state index contributed by atoms with van der Waals surface area (Å²) in [5.74, 6) is 1.75. The predicted octanol–water partition coefficient (Wildman–Crippen LogP) is 4.47. The molecule has 0 N–H and O–H groups in total. The zero-order valence-electron chi connectivity index (χ0n) is 12.3. The van der Waals surface area contributed by atoms with Crippen molar-refractivity contribution in [3.05, 3.63) is 28.8 Å². The van der Waals surface area contributed by atoms with Gasteiger partial charge in [-0.05, 0) is 43.4 Å². The van der Waals surface area contributed by atoms with Crippen LogP contribution in [0, 0.1) is 19.8 Å². The summed E-state index contributed by atoms with van der Waals surface area (Å²) in [6.07, 6.45) is 6.98. The number of hydrogen-bond acceptors (Lipinski definition) is 2. The molecule has 0 amide bonds. The zero-order chi connectivity index (χ0) is 13.8. The fourth-order valence-electron chi connectivity index (χ4n) is 3.04. The number of rotatable bonds is 5. The van der Waals surface area contributed by atoms with Crippen LogP contribution in [0.2, 0.25) is 0 Å². The number of Topliss-reactive ketones (excluding diaryl/α,β-unsaturated/α-hetero) is 1.